The van der Waals surface area contributed by atoms with Crippen LogP contribution in [0.4, 0.5) is 5.82 Å². The van der Waals surface area contributed by atoms with Crippen molar-refractivity contribution in [3.63, 3.8) is 0 Å². The van der Waals surface area contributed by atoms with Crippen molar-refractivity contribution in [2.75, 3.05) is 4.90 Å². The Labute approximate surface area is 110 Å². The molecule has 0 aromatic carbocycles. The average molecular weight is 256 g/mol. The van der Waals surface area contributed by atoms with Crippen molar-refractivity contribution in [1.82, 2.24) is 9.97 Å². The van der Waals surface area contributed by atoms with Gasteiger partial charge in [0, 0.05) is 10.9 Å². The quantitative estimate of drug-likeness (QED) is 0.843. The molecule has 0 N–H and O–H groups in total. The van der Waals surface area contributed by atoms with E-state index in [2.05, 4.69) is 32.4 Å². The Morgan fingerprint density at radius 3 is 2.83 bits per heavy atom. The lowest BCUT2D eigenvalue weighted by Gasteiger charge is -2.22. The highest BCUT2D eigenvalue weighted by Gasteiger charge is 2.30. The molecule has 0 atom stereocenters. The predicted molar refractivity (Wildman–Crippen MR) is 70.3 cm³/mol. The largest absolute Gasteiger partial charge is 0.347 e. The first-order valence-electron chi connectivity index (χ1n) is 5.88. The average Bonchev–Trinajstić information content (AvgIpc) is 3.13. The number of aromatic nitrogens is 2. The monoisotopic (exact) mass is 256 g/mol. The van der Waals surface area contributed by atoms with Crippen LogP contribution in [0.3, 0.4) is 0 Å². The summed E-state index contributed by atoms with van der Waals surface area (Å²) in [6.45, 7) is 0.878. The zero-order valence-electron chi connectivity index (χ0n) is 9.78. The molecule has 4 nitrogen and oxygen atoms in total. The highest BCUT2D eigenvalue weighted by atomic mass is 32.1. The van der Waals surface area contributed by atoms with E-state index in [9.17, 15) is 0 Å². The maximum Gasteiger partial charge on any atom is 0.158 e. The van der Waals surface area contributed by atoms with Crippen molar-refractivity contribution >= 4 is 17.2 Å². The van der Waals surface area contributed by atoms with E-state index in [1.807, 2.05) is 6.07 Å². The van der Waals surface area contributed by atoms with Crippen molar-refractivity contribution in [1.29, 1.82) is 5.26 Å². The van der Waals surface area contributed by atoms with Gasteiger partial charge in [0.1, 0.15) is 11.9 Å². The molecular formula is C13H12N4S. The third-order valence-corrected chi connectivity index (χ3v) is 3.80. The van der Waals surface area contributed by atoms with Crippen LogP contribution in [0, 0.1) is 11.3 Å². The zero-order chi connectivity index (χ0) is 12.4. The first kappa shape index (κ1) is 11.2. The minimum atomic E-state index is 0.366. The Bertz CT molecular complexity index is 552. The topological polar surface area (TPSA) is 52.8 Å². The summed E-state index contributed by atoms with van der Waals surface area (Å²) >= 11 is 1.76. The van der Waals surface area contributed by atoms with Gasteiger partial charge < -0.3 is 4.90 Å². The fraction of sp³-hybridized carbons (Fsp3) is 0.308. The van der Waals surface area contributed by atoms with Gasteiger partial charge in [0.2, 0.25) is 0 Å². The van der Waals surface area contributed by atoms with Gasteiger partial charge in [-0.1, -0.05) is 6.07 Å². The van der Waals surface area contributed by atoms with Crippen molar-refractivity contribution in [2.45, 2.75) is 25.4 Å². The third kappa shape index (κ3) is 2.34. The van der Waals surface area contributed by atoms with Crippen LogP contribution in [-0.4, -0.2) is 16.0 Å². The Balaban J connectivity index is 1.82. The molecule has 18 heavy (non-hydrogen) atoms. The molecule has 5 heteroatoms. The van der Waals surface area contributed by atoms with Gasteiger partial charge in [-0.25, -0.2) is 9.97 Å². The van der Waals surface area contributed by atoms with Crippen LogP contribution >= 0.6 is 11.3 Å². The van der Waals surface area contributed by atoms with Crippen LogP contribution in [0.5, 0.6) is 0 Å². The molecule has 2 heterocycles. The van der Waals surface area contributed by atoms with Gasteiger partial charge in [0.15, 0.2) is 5.69 Å². The van der Waals surface area contributed by atoms with Crippen LogP contribution in [0.2, 0.25) is 0 Å². The fourth-order valence-electron chi connectivity index (χ4n) is 1.88. The zero-order valence-corrected chi connectivity index (χ0v) is 10.6. The molecule has 0 radical (unpaired) electrons. The summed E-state index contributed by atoms with van der Waals surface area (Å²) in [6.07, 6.45) is 5.67. The molecule has 1 fully saturated rings. The second-order valence-electron chi connectivity index (χ2n) is 4.31. The molecule has 0 bridgehead atoms. The molecule has 0 amide bonds. The maximum atomic E-state index is 8.73. The van der Waals surface area contributed by atoms with E-state index in [1.165, 1.54) is 17.7 Å². The second kappa shape index (κ2) is 4.75. The van der Waals surface area contributed by atoms with Crippen LogP contribution < -0.4 is 4.90 Å². The molecule has 90 valence electrons. The van der Waals surface area contributed by atoms with E-state index in [1.54, 1.807) is 23.7 Å². The molecular weight excluding hydrogens is 244 g/mol. The number of hydrogen-bond donors (Lipinski definition) is 0. The normalized spacial score (nSPS) is 14.2. The Morgan fingerprint density at radius 1 is 1.39 bits per heavy atom. The van der Waals surface area contributed by atoms with Gasteiger partial charge in [0.05, 0.1) is 18.9 Å². The molecule has 2 aromatic heterocycles. The van der Waals surface area contributed by atoms with E-state index in [-0.39, 0.29) is 0 Å². The highest BCUT2D eigenvalue weighted by molar-refractivity contribution is 7.09. The van der Waals surface area contributed by atoms with Crippen LogP contribution in [0.15, 0.2) is 29.9 Å². The molecule has 1 saturated carbocycles. The summed E-state index contributed by atoms with van der Waals surface area (Å²) in [4.78, 5) is 12.0. The van der Waals surface area contributed by atoms with Gasteiger partial charge >= 0.3 is 0 Å². The molecule has 0 saturated heterocycles. The standard InChI is InChI=1S/C13H12N4S/c14-6-10-7-16-13(8-15-10)17(11-3-4-11)9-12-2-1-5-18-12/h1-2,5,7-8,11H,3-4,9H2. The highest BCUT2D eigenvalue weighted by Crippen LogP contribution is 2.32. The van der Waals surface area contributed by atoms with E-state index in [0.29, 0.717) is 11.7 Å². The lowest BCUT2D eigenvalue weighted by Crippen LogP contribution is -2.25. The first-order chi connectivity index (χ1) is 8.86. The molecule has 1 aliphatic carbocycles. The second-order valence-corrected chi connectivity index (χ2v) is 5.34. The van der Waals surface area contributed by atoms with E-state index >= 15 is 0 Å². The van der Waals surface area contributed by atoms with Crippen LogP contribution in [0.1, 0.15) is 23.4 Å². The predicted octanol–water partition coefficient (Wildman–Crippen LogP) is 2.58. The summed E-state index contributed by atoms with van der Waals surface area (Å²) in [7, 11) is 0. The Kier molecular flexibility index (Phi) is 2.95. The maximum absolute atomic E-state index is 8.73. The number of nitrogens with zero attached hydrogens (tertiary/aromatic N) is 4. The van der Waals surface area contributed by atoms with Crippen molar-refractivity contribution in [3.8, 4) is 6.07 Å². The number of anilines is 1. The lowest BCUT2D eigenvalue weighted by molar-refractivity contribution is 0.781. The summed E-state index contributed by atoms with van der Waals surface area (Å²) in [6, 6.07) is 6.77. The minimum absolute atomic E-state index is 0.366. The van der Waals surface area contributed by atoms with Gasteiger partial charge in [-0.3, -0.25) is 0 Å². The van der Waals surface area contributed by atoms with Crippen molar-refractivity contribution in [3.05, 3.63) is 40.5 Å². The van der Waals surface area contributed by atoms with Gasteiger partial charge in [-0.2, -0.15) is 5.26 Å². The molecule has 1 aliphatic rings. The Hall–Kier alpha value is -1.93. The van der Waals surface area contributed by atoms with Gasteiger partial charge in [-0.15, -0.1) is 11.3 Å². The minimum Gasteiger partial charge on any atom is -0.347 e. The summed E-state index contributed by atoms with van der Waals surface area (Å²) < 4.78 is 0. The van der Waals surface area contributed by atoms with Crippen LogP contribution in [0.25, 0.3) is 0 Å². The summed E-state index contributed by atoms with van der Waals surface area (Å²) in [5, 5.41) is 10.8. The molecule has 0 spiro atoms. The van der Waals surface area contributed by atoms with E-state index in [0.717, 1.165) is 12.4 Å². The van der Waals surface area contributed by atoms with Crippen LogP contribution in [-0.2, 0) is 6.54 Å². The van der Waals surface area contributed by atoms with E-state index in [4.69, 9.17) is 5.26 Å². The van der Waals surface area contributed by atoms with Crippen molar-refractivity contribution < 1.29 is 0 Å². The third-order valence-electron chi connectivity index (χ3n) is 2.94. The Morgan fingerprint density at radius 2 is 2.28 bits per heavy atom. The first-order valence-corrected chi connectivity index (χ1v) is 6.76. The fourth-order valence-corrected chi connectivity index (χ4v) is 2.58. The molecule has 0 unspecified atom stereocenters. The number of nitriles is 1. The molecule has 3 rings (SSSR count). The van der Waals surface area contributed by atoms with Gasteiger partial charge in [0.25, 0.3) is 0 Å². The number of rotatable bonds is 4. The van der Waals surface area contributed by atoms with E-state index < -0.39 is 0 Å². The molecule has 0 aliphatic heterocycles. The summed E-state index contributed by atoms with van der Waals surface area (Å²) in [5.74, 6) is 0.866. The lowest BCUT2D eigenvalue weighted by atomic mass is 10.4. The smallest absolute Gasteiger partial charge is 0.158 e. The van der Waals surface area contributed by atoms with Crippen molar-refractivity contribution in [2.24, 2.45) is 0 Å². The molecule has 2 aromatic rings. The van der Waals surface area contributed by atoms with Gasteiger partial charge in [-0.05, 0) is 24.3 Å². The summed E-state index contributed by atoms with van der Waals surface area (Å²) in [5.41, 5.74) is 0.366. The SMILES string of the molecule is N#Cc1cnc(N(Cc2cccs2)C2CC2)cn1. The number of thiophene rings is 1. The number of hydrogen-bond acceptors (Lipinski definition) is 5.